The first-order valence-electron chi connectivity index (χ1n) is 5.95. The Morgan fingerprint density at radius 1 is 1.37 bits per heavy atom. The van der Waals surface area contributed by atoms with Gasteiger partial charge in [0.2, 0.25) is 5.76 Å². The first-order valence-corrected chi connectivity index (χ1v) is 5.95. The molecule has 0 unspecified atom stereocenters. The summed E-state index contributed by atoms with van der Waals surface area (Å²) in [6.07, 6.45) is 0.107. The van der Waals surface area contributed by atoms with E-state index in [1.807, 2.05) is 39.0 Å². The van der Waals surface area contributed by atoms with Crippen LogP contribution in [0.25, 0.3) is 11.3 Å². The van der Waals surface area contributed by atoms with E-state index in [0.29, 0.717) is 5.69 Å². The molecule has 0 fully saturated rings. The predicted octanol–water partition coefficient (Wildman–Crippen LogP) is 3.14. The molecule has 1 N–H and O–H groups in total. The van der Waals surface area contributed by atoms with Gasteiger partial charge in [0, 0.05) is 11.6 Å². The van der Waals surface area contributed by atoms with Crippen LogP contribution in [0.4, 0.5) is 0 Å². The summed E-state index contributed by atoms with van der Waals surface area (Å²) in [6, 6.07) is 6.97. The Morgan fingerprint density at radius 3 is 2.63 bits per heavy atom. The van der Waals surface area contributed by atoms with Gasteiger partial charge in [-0.05, 0) is 44.5 Å². The number of carboxylic acid groups (broad SMARTS) is 1. The topological polar surface area (TPSA) is 72.6 Å². The van der Waals surface area contributed by atoms with Crippen molar-refractivity contribution in [3.63, 3.8) is 0 Å². The second kappa shape index (κ2) is 5.14. The maximum Gasteiger partial charge on any atom is 0.374 e. The number of benzene rings is 1. The number of nitrogens with zero attached hydrogens (tertiary/aromatic N) is 1. The quantitative estimate of drug-likeness (QED) is 0.915. The molecule has 0 saturated heterocycles. The van der Waals surface area contributed by atoms with E-state index in [1.165, 1.54) is 6.07 Å². The Labute approximate surface area is 110 Å². The minimum atomic E-state index is -1.13. The summed E-state index contributed by atoms with van der Waals surface area (Å²) < 4.78 is 10.4. The van der Waals surface area contributed by atoms with Gasteiger partial charge >= 0.3 is 5.97 Å². The summed E-state index contributed by atoms with van der Waals surface area (Å²) in [7, 11) is 0. The van der Waals surface area contributed by atoms with Crippen molar-refractivity contribution in [2.75, 3.05) is 0 Å². The van der Waals surface area contributed by atoms with Gasteiger partial charge in [-0.1, -0.05) is 5.16 Å². The lowest BCUT2D eigenvalue weighted by Crippen LogP contribution is -2.06. The molecule has 5 nitrogen and oxygen atoms in total. The number of ether oxygens (including phenoxy) is 1. The third-order valence-corrected chi connectivity index (χ3v) is 2.55. The van der Waals surface area contributed by atoms with E-state index in [9.17, 15) is 4.79 Å². The van der Waals surface area contributed by atoms with Crippen LogP contribution in [0, 0.1) is 6.92 Å². The molecule has 5 heteroatoms. The third-order valence-electron chi connectivity index (χ3n) is 2.55. The number of aryl methyl sites for hydroxylation is 1. The van der Waals surface area contributed by atoms with E-state index in [2.05, 4.69) is 5.16 Å². The fourth-order valence-corrected chi connectivity index (χ4v) is 1.71. The van der Waals surface area contributed by atoms with Crippen LogP contribution >= 0.6 is 0 Å². The maximum absolute atomic E-state index is 10.7. The Balaban J connectivity index is 2.30. The lowest BCUT2D eigenvalue weighted by atomic mass is 10.1. The van der Waals surface area contributed by atoms with Crippen molar-refractivity contribution in [1.29, 1.82) is 0 Å². The van der Waals surface area contributed by atoms with Crippen molar-refractivity contribution in [3.05, 3.63) is 35.6 Å². The molecule has 19 heavy (non-hydrogen) atoms. The first-order chi connectivity index (χ1) is 8.97. The van der Waals surface area contributed by atoms with Crippen molar-refractivity contribution in [3.8, 4) is 17.0 Å². The van der Waals surface area contributed by atoms with E-state index in [1.54, 1.807) is 0 Å². The maximum atomic E-state index is 10.7. The van der Waals surface area contributed by atoms with E-state index < -0.39 is 5.97 Å². The standard InChI is InChI=1S/C14H15NO4/c1-8(2)18-12-5-4-10(6-9(12)3)11-7-13(14(16)17)19-15-11/h4-8H,1-3H3,(H,16,17). The lowest BCUT2D eigenvalue weighted by Gasteiger charge is -2.12. The van der Waals surface area contributed by atoms with Crippen LogP contribution in [0.2, 0.25) is 0 Å². The third kappa shape index (κ3) is 2.93. The van der Waals surface area contributed by atoms with Gasteiger partial charge in [0.05, 0.1) is 6.10 Å². The van der Waals surface area contributed by atoms with Crippen molar-refractivity contribution in [2.45, 2.75) is 26.9 Å². The van der Waals surface area contributed by atoms with Gasteiger partial charge in [-0.2, -0.15) is 0 Å². The van der Waals surface area contributed by atoms with Crippen LogP contribution in [0.5, 0.6) is 5.75 Å². The Kier molecular flexibility index (Phi) is 3.55. The van der Waals surface area contributed by atoms with Crippen LogP contribution in [-0.2, 0) is 0 Å². The SMILES string of the molecule is Cc1cc(-c2cc(C(=O)O)on2)ccc1OC(C)C. The lowest BCUT2D eigenvalue weighted by molar-refractivity contribution is 0.0652. The molecule has 100 valence electrons. The summed E-state index contributed by atoms with van der Waals surface area (Å²) in [5.41, 5.74) is 2.26. The Morgan fingerprint density at radius 2 is 2.11 bits per heavy atom. The van der Waals surface area contributed by atoms with Crippen LogP contribution in [0.15, 0.2) is 28.8 Å². The molecule has 0 aliphatic carbocycles. The fraction of sp³-hybridized carbons (Fsp3) is 0.286. The minimum Gasteiger partial charge on any atom is -0.491 e. The van der Waals surface area contributed by atoms with Gasteiger partial charge in [-0.15, -0.1) is 0 Å². The van der Waals surface area contributed by atoms with Gasteiger partial charge in [-0.3, -0.25) is 0 Å². The summed E-state index contributed by atoms with van der Waals surface area (Å²) in [5.74, 6) is -0.494. The van der Waals surface area contributed by atoms with E-state index in [-0.39, 0.29) is 11.9 Å². The first kappa shape index (κ1) is 13.1. The zero-order chi connectivity index (χ0) is 14.0. The van der Waals surface area contributed by atoms with Gasteiger partial charge in [-0.25, -0.2) is 4.79 Å². The highest BCUT2D eigenvalue weighted by Gasteiger charge is 2.13. The van der Waals surface area contributed by atoms with Gasteiger partial charge < -0.3 is 14.4 Å². The number of rotatable bonds is 4. The number of aromatic nitrogens is 1. The molecule has 0 atom stereocenters. The molecule has 2 rings (SSSR count). The van der Waals surface area contributed by atoms with Crippen molar-refractivity contribution in [1.82, 2.24) is 5.16 Å². The Bertz CT molecular complexity index is 601. The average Bonchev–Trinajstić information content (AvgIpc) is 2.80. The number of aromatic carboxylic acids is 1. The zero-order valence-corrected chi connectivity index (χ0v) is 11.0. The number of hydrogen-bond donors (Lipinski definition) is 1. The summed E-state index contributed by atoms with van der Waals surface area (Å²) in [6.45, 7) is 5.85. The van der Waals surface area contributed by atoms with Gasteiger partial charge in [0.15, 0.2) is 0 Å². The molecule has 0 spiro atoms. The van der Waals surface area contributed by atoms with Gasteiger partial charge in [0.1, 0.15) is 11.4 Å². The van der Waals surface area contributed by atoms with E-state index >= 15 is 0 Å². The molecule has 0 bridgehead atoms. The number of carbonyl (C=O) groups is 1. The molecule has 0 amide bonds. The normalized spacial score (nSPS) is 10.7. The highest BCUT2D eigenvalue weighted by Crippen LogP contribution is 2.26. The monoisotopic (exact) mass is 261 g/mol. The van der Waals surface area contributed by atoms with E-state index in [0.717, 1.165) is 16.9 Å². The smallest absolute Gasteiger partial charge is 0.374 e. The molecule has 1 aromatic heterocycles. The van der Waals surface area contributed by atoms with Crippen LogP contribution in [0.3, 0.4) is 0 Å². The average molecular weight is 261 g/mol. The molecule has 1 heterocycles. The largest absolute Gasteiger partial charge is 0.491 e. The molecule has 0 saturated carbocycles. The molecule has 1 aromatic carbocycles. The highest BCUT2D eigenvalue weighted by molar-refractivity contribution is 5.85. The van der Waals surface area contributed by atoms with Crippen molar-refractivity contribution in [2.24, 2.45) is 0 Å². The zero-order valence-electron chi connectivity index (χ0n) is 11.0. The molecule has 0 aliphatic heterocycles. The minimum absolute atomic E-state index is 0.107. The molecule has 0 radical (unpaired) electrons. The summed E-state index contributed by atoms with van der Waals surface area (Å²) in [4.78, 5) is 10.7. The second-order valence-electron chi connectivity index (χ2n) is 4.53. The Hall–Kier alpha value is -2.30. The molecular formula is C14H15NO4. The highest BCUT2D eigenvalue weighted by atomic mass is 16.5. The fourth-order valence-electron chi connectivity index (χ4n) is 1.71. The van der Waals surface area contributed by atoms with Crippen LogP contribution < -0.4 is 4.74 Å². The number of carboxylic acids is 1. The van der Waals surface area contributed by atoms with Gasteiger partial charge in [0.25, 0.3) is 0 Å². The molecular weight excluding hydrogens is 246 g/mol. The van der Waals surface area contributed by atoms with E-state index in [4.69, 9.17) is 14.4 Å². The summed E-state index contributed by atoms with van der Waals surface area (Å²) >= 11 is 0. The summed E-state index contributed by atoms with van der Waals surface area (Å²) in [5, 5.41) is 12.5. The predicted molar refractivity (Wildman–Crippen MR) is 69.4 cm³/mol. The van der Waals surface area contributed by atoms with Crippen LogP contribution in [-0.4, -0.2) is 22.3 Å². The van der Waals surface area contributed by atoms with Crippen molar-refractivity contribution < 1.29 is 19.2 Å². The molecule has 0 aliphatic rings. The molecule has 2 aromatic rings. The van der Waals surface area contributed by atoms with Crippen LogP contribution in [0.1, 0.15) is 30.0 Å². The van der Waals surface area contributed by atoms with Crippen molar-refractivity contribution >= 4 is 5.97 Å². The second-order valence-corrected chi connectivity index (χ2v) is 4.53. The number of hydrogen-bond acceptors (Lipinski definition) is 4.